The van der Waals surface area contributed by atoms with E-state index in [9.17, 15) is 9.90 Å². The maximum absolute atomic E-state index is 13.1. The van der Waals surface area contributed by atoms with Crippen LogP contribution in [0.1, 0.15) is 48.9 Å². The van der Waals surface area contributed by atoms with E-state index in [0.29, 0.717) is 38.2 Å². The number of aromatic nitrogens is 3. The molecule has 6 rings (SSSR count). The Kier molecular flexibility index (Phi) is 7.56. The number of hydrogen-bond acceptors (Lipinski definition) is 4. The quantitative estimate of drug-likeness (QED) is 0.214. The minimum atomic E-state index is -1.52. The zero-order chi connectivity index (χ0) is 28.6. The summed E-state index contributed by atoms with van der Waals surface area (Å²) in [6.45, 7) is 0. The van der Waals surface area contributed by atoms with E-state index in [1.165, 1.54) is 6.42 Å². The number of carbonyl (C=O) groups is 1. The van der Waals surface area contributed by atoms with Crippen molar-refractivity contribution in [3.63, 3.8) is 0 Å². The minimum absolute atomic E-state index is 0.00604. The lowest BCUT2D eigenvalue weighted by molar-refractivity contribution is -0.120. The third-order valence-electron chi connectivity index (χ3n) is 8.04. The Labute approximate surface area is 249 Å². The molecule has 41 heavy (non-hydrogen) atoms. The van der Waals surface area contributed by atoms with Crippen LogP contribution in [0.15, 0.2) is 85.3 Å². The first-order valence-electron chi connectivity index (χ1n) is 13.8. The summed E-state index contributed by atoms with van der Waals surface area (Å²) in [5, 5.41) is 17.5. The molecule has 1 saturated carbocycles. The molecule has 1 fully saturated rings. The predicted molar refractivity (Wildman–Crippen MR) is 164 cm³/mol. The Balaban J connectivity index is 1.52. The molecule has 0 spiro atoms. The van der Waals surface area contributed by atoms with Crippen molar-refractivity contribution in [1.29, 1.82) is 0 Å². The van der Waals surface area contributed by atoms with Gasteiger partial charge in [0.1, 0.15) is 5.82 Å². The van der Waals surface area contributed by atoms with Crippen molar-refractivity contribution in [2.45, 2.75) is 37.7 Å². The number of amides is 1. The Morgan fingerprint density at radius 1 is 0.951 bits per heavy atom. The van der Waals surface area contributed by atoms with E-state index < -0.39 is 5.60 Å². The highest BCUT2D eigenvalue weighted by molar-refractivity contribution is 6.31. The molecule has 0 aliphatic heterocycles. The highest BCUT2D eigenvalue weighted by Gasteiger charge is 2.37. The van der Waals surface area contributed by atoms with Gasteiger partial charge in [-0.25, -0.2) is 9.97 Å². The largest absolute Gasteiger partial charge is 0.374 e. The first-order valence-corrected chi connectivity index (χ1v) is 14.6. The lowest BCUT2D eigenvalue weighted by atomic mass is 9.82. The smallest absolute Gasteiger partial charge is 0.228 e. The predicted octanol–water partition coefficient (Wildman–Crippen LogP) is 7.75. The normalized spacial score (nSPS) is 15.5. The zero-order valence-corrected chi connectivity index (χ0v) is 24.2. The molecule has 5 aromatic rings. The van der Waals surface area contributed by atoms with Gasteiger partial charge in [0.25, 0.3) is 0 Å². The zero-order valence-electron chi connectivity index (χ0n) is 22.6. The first kappa shape index (κ1) is 27.5. The molecule has 0 radical (unpaired) electrons. The summed E-state index contributed by atoms with van der Waals surface area (Å²) >= 11 is 12.6. The molecule has 6 nitrogen and oxygen atoms in total. The van der Waals surface area contributed by atoms with Crippen LogP contribution in [0.3, 0.4) is 0 Å². The Hall–Kier alpha value is -3.71. The first-order chi connectivity index (χ1) is 19.8. The second-order valence-electron chi connectivity index (χ2n) is 10.7. The van der Waals surface area contributed by atoms with E-state index in [0.717, 1.165) is 42.2 Å². The number of pyridine rings is 1. The van der Waals surface area contributed by atoms with Crippen molar-refractivity contribution >= 4 is 45.8 Å². The molecule has 3 aromatic carbocycles. The van der Waals surface area contributed by atoms with Crippen LogP contribution in [-0.4, -0.2) is 25.5 Å². The Bertz CT molecular complexity index is 1730. The number of halogens is 2. The van der Waals surface area contributed by atoms with Gasteiger partial charge in [0.2, 0.25) is 5.91 Å². The van der Waals surface area contributed by atoms with E-state index in [4.69, 9.17) is 28.2 Å². The number of imidazole rings is 1. The maximum Gasteiger partial charge on any atom is 0.228 e. The molecule has 208 valence electrons. The number of anilines is 1. The molecule has 1 aliphatic carbocycles. The van der Waals surface area contributed by atoms with Gasteiger partial charge in [-0.3, -0.25) is 4.79 Å². The summed E-state index contributed by atoms with van der Waals surface area (Å²) in [6.07, 6.45) is 8.47. The molecule has 2 aromatic heterocycles. The number of nitrogens with one attached hydrogen (secondary N) is 1. The van der Waals surface area contributed by atoms with E-state index in [1.54, 1.807) is 29.2 Å². The van der Waals surface area contributed by atoms with Gasteiger partial charge >= 0.3 is 0 Å². The molecule has 1 atom stereocenters. The number of aliphatic hydroxyl groups is 1. The average Bonchev–Trinajstić information content (AvgIpc) is 3.43. The van der Waals surface area contributed by atoms with Gasteiger partial charge in [0, 0.05) is 28.4 Å². The number of carbonyl (C=O) groups excluding carboxylic acids is 1. The van der Waals surface area contributed by atoms with Crippen molar-refractivity contribution in [3.05, 3.63) is 112 Å². The fourth-order valence-corrected chi connectivity index (χ4v) is 6.18. The monoisotopic (exact) mass is 584 g/mol. The van der Waals surface area contributed by atoms with Crippen LogP contribution in [-0.2, 0) is 17.4 Å². The summed E-state index contributed by atoms with van der Waals surface area (Å²) in [5.74, 6) is 0.514. The molecule has 8 heteroatoms. The number of nitrogens with zero attached hydrogens (tertiary/aromatic N) is 3. The van der Waals surface area contributed by atoms with Crippen LogP contribution in [0.4, 0.5) is 5.82 Å². The lowest BCUT2D eigenvalue weighted by Crippen LogP contribution is -2.31. The number of benzene rings is 3. The van der Waals surface area contributed by atoms with Gasteiger partial charge in [-0.05, 0) is 77.6 Å². The highest BCUT2D eigenvalue weighted by atomic mass is 35.5. The molecule has 0 bridgehead atoms. The van der Waals surface area contributed by atoms with Crippen molar-refractivity contribution in [3.8, 4) is 11.1 Å². The maximum atomic E-state index is 13.1. The fourth-order valence-electron chi connectivity index (χ4n) is 5.86. The van der Waals surface area contributed by atoms with Gasteiger partial charge in [-0.15, -0.1) is 0 Å². The van der Waals surface area contributed by atoms with Gasteiger partial charge < -0.3 is 15.0 Å². The third kappa shape index (κ3) is 5.35. The second-order valence-corrected chi connectivity index (χ2v) is 11.6. The van der Waals surface area contributed by atoms with Gasteiger partial charge in [-0.1, -0.05) is 72.8 Å². The standard InChI is InChI=1S/C33H30Cl2N4O2/c1-39-20-36-19-30(39)33(41,23-10-13-25(34)14-11-23)24-12-15-29-28(17-24)27(22-8-5-9-26(35)16-22)18-31(37-29)38-32(40)21-6-3-2-4-7-21/h5,8-21,41H,2-4,6-7H2,1H3,(H,37,38,40). The van der Waals surface area contributed by atoms with Gasteiger partial charge in [-0.2, -0.15) is 0 Å². The third-order valence-corrected chi connectivity index (χ3v) is 8.53. The topological polar surface area (TPSA) is 80.0 Å². The van der Waals surface area contributed by atoms with Crippen LogP contribution in [0, 0.1) is 5.92 Å². The van der Waals surface area contributed by atoms with Crippen LogP contribution in [0.5, 0.6) is 0 Å². The van der Waals surface area contributed by atoms with Crippen LogP contribution >= 0.6 is 23.2 Å². The van der Waals surface area contributed by atoms with Crippen molar-refractivity contribution in [2.75, 3.05) is 5.32 Å². The summed E-state index contributed by atoms with van der Waals surface area (Å²) in [7, 11) is 1.85. The van der Waals surface area contributed by atoms with Crippen molar-refractivity contribution in [1.82, 2.24) is 14.5 Å². The molecular formula is C33H30Cl2N4O2. The molecular weight excluding hydrogens is 555 g/mol. The second kappa shape index (κ2) is 11.3. The van der Waals surface area contributed by atoms with Gasteiger partial charge in [0.05, 0.1) is 23.7 Å². The number of aryl methyl sites for hydroxylation is 1. The summed E-state index contributed by atoms with van der Waals surface area (Å²) in [5.41, 5.74) is 2.79. The Morgan fingerprint density at radius 3 is 2.41 bits per heavy atom. The van der Waals surface area contributed by atoms with Crippen molar-refractivity contribution in [2.24, 2.45) is 13.0 Å². The molecule has 1 amide bonds. The number of hydrogen-bond donors (Lipinski definition) is 2. The molecule has 2 heterocycles. The SMILES string of the molecule is Cn1cncc1C(O)(c1ccc(Cl)cc1)c1ccc2nc(NC(=O)C3CCCCC3)cc(-c3cccc(Cl)c3)c2c1. The fraction of sp³-hybridized carbons (Fsp3) is 0.242. The van der Waals surface area contributed by atoms with Crippen molar-refractivity contribution < 1.29 is 9.90 Å². The average molecular weight is 586 g/mol. The molecule has 2 N–H and O–H groups in total. The molecule has 1 unspecified atom stereocenters. The minimum Gasteiger partial charge on any atom is -0.374 e. The molecule has 1 aliphatic rings. The van der Waals surface area contributed by atoms with Crippen LogP contribution in [0.2, 0.25) is 10.0 Å². The lowest BCUT2D eigenvalue weighted by Gasteiger charge is -2.30. The summed E-state index contributed by atoms with van der Waals surface area (Å²) in [6, 6.07) is 22.3. The summed E-state index contributed by atoms with van der Waals surface area (Å²) < 4.78 is 1.80. The van der Waals surface area contributed by atoms with E-state index in [2.05, 4.69) is 10.3 Å². The number of fused-ring (bicyclic) bond motifs is 1. The Morgan fingerprint density at radius 2 is 1.71 bits per heavy atom. The van der Waals surface area contributed by atoms with Gasteiger partial charge in [0.15, 0.2) is 5.60 Å². The van der Waals surface area contributed by atoms with Crippen LogP contribution in [0.25, 0.3) is 22.0 Å². The number of rotatable bonds is 6. The molecule has 0 saturated heterocycles. The van der Waals surface area contributed by atoms with E-state index >= 15 is 0 Å². The van der Waals surface area contributed by atoms with E-state index in [-0.39, 0.29) is 11.8 Å². The highest BCUT2D eigenvalue weighted by Crippen LogP contribution is 2.40. The van der Waals surface area contributed by atoms with Crippen LogP contribution < -0.4 is 5.32 Å². The summed E-state index contributed by atoms with van der Waals surface area (Å²) in [4.78, 5) is 22.2. The van der Waals surface area contributed by atoms with E-state index in [1.807, 2.05) is 67.7 Å².